The SMILES string of the molecule is CCCCCCCCCCC1(C(=O)O)CCCC(CC)C1. The fourth-order valence-electron chi connectivity index (χ4n) is 3.96. The van der Waals surface area contributed by atoms with Crippen LogP contribution in [0, 0.1) is 11.3 Å². The van der Waals surface area contributed by atoms with Crippen LogP contribution in [0.5, 0.6) is 0 Å². The molecule has 1 N–H and O–H groups in total. The van der Waals surface area contributed by atoms with E-state index in [1.54, 1.807) is 0 Å². The second kappa shape index (κ2) is 10.2. The van der Waals surface area contributed by atoms with Crippen molar-refractivity contribution in [1.29, 1.82) is 0 Å². The van der Waals surface area contributed by atoms with Gasteiger partial charge in [0.25, 0.3) is 0 Å². The van der Waals surface area contributed by atoms with Crippen LogP contribution in [0.3, 0.4) is 0 Å². The van der Waals surface area contributed by atoms with E-state index in [0.29, 0.717) is 5.92 Å². The molecule has 0 saturated heterocycles. The van der Waals surface area contributed by atoms with Crippen LogP contribution in [0.4, 0.5) is 0 Å². The number of aliphatic carboxylic acids is 1. The highest BCUT2D eigenvalue weighted by Gasteiger charge is 2.41. The molecule has 1 rings (SSSR count). The first-order valence-corrected chi connectivity index (χ1v) is 9.38. The Morgan fingerprint density at radius 3 is 2.24 bits per heavy atom. The smallest absolute Gasteiger partial charge is 0.309 e. The van der Waals surface area contributed by atoms with Gasteiger partial charge < -0.3 is 5.11 Å². The Morgan fingerprint density at radius 2 is 1.67 bits per heavy atom. The Labute approximate surface area is 131 Å². The summed E-state index contributed by atoms with van der Waals surface area (Å²) in [7, 11) is 0. The van der Waals surface area contributed by atoms with Crippen LogP contribution >= 0.6 is 0 Å². The molecule has 0 bridgehead atoms. The van der Waals surface area contributed by atoms with Crippen molar-refractivity contribution in [2.24, 2.45) is 11.3 Å². The Morgan fingerprint density at radius 1 is 1.05 bits per heavy atom. The summed E-state index contributed by atoms with van der Waals surface area (Å²) in [6, 6.07) is 0. The Balaban J connectivity index is 2.24. The second-order valence-electron chi connectivity index (χ2n) is 7.18. The minimum Gasteiger partial charge on any atom is -0.481 e. The highest BCUT2D eigenvalue weighted by Crippen LogP contribution is 2.44. The summed E-state index contributed by atoms with van der Waals surface area (Å²) in [5.41, 5.74) is -0.388. The van der Waals surface area contributed by atoms with Crippen LogP contribution < -0.4 is 0 Å². The number of unbranched alkanes of at least 4 members (excludes halogenated alkanes) is 7. The first kappa shape index (κ1) is 18.5. The Bertz CT molecular complexity index is 287. The third-order valence-electron chi connectivity index (χ3n) is 5.49. The molecule has 0 aliphatic heterocycles. The van der Waals surface area contributed by atoms with Gasteiger partial charge in [-0.3, -0.25) is 4.79 Å². The van der Waals surface area contributed by atoms with Gasteiger partial charge in [-0.15, -0.1) is 0 Å². The second-order valence-corrected chi connectivity index (χ2v) is 7.18. The summed E-state index contributed by atoms with van der Waals surface area (Å²) < 4.78 is 0. The van der Waals surface area contributed by atoms with Gasteiger partial charge in [0.2, 0.25) is 0 Å². The van der Waals surface area contributed by atoms with Crippen molar-refractivity contribution >= 4 is 5.97 Å². The third kappa shape index (κ3) is 6.40. The molecule has 1 saturated carbocycles. The van der Waals surface area contributed by atoms with E-state index in [4.69, 9.17) is 0 Å². The molecule has 0 heterocycles. The minimum atomic E-state index is -0.524. The third-order valence-corrected chi connectivity index (χ3v) is 5.49. The summed E-state index contributed by atoms with van der Waals surface area (Å²) in [4.78, 5) is 11.8. The normalized spacial score (nSPS) is 25.9. The van der Waals surface area contributed by atoms with E-state index >= 15 is 0 Å². The van der Waals surface area contributed by atoms with Gasteiger partial charge in [-0.2, -0.15) is 0 Å². The van der Waals surface area contributed by atoms with Crippen LogP contribution in [-0.2, 0) is 4.79 Å². The van der Waals surface area contributed by atoms with Gasteiger partial charge in [-0.05, 0) is 25.2 Å². The fourth-order valence-corrected chi connectivity index (χ4v) is 3.96. The predicted molar refractivity (Wildman–Crippen MR) is 89.5 cm³/mol. The molecular weight excluding hydrogens is 260 g/mol. The van der Waals surface area contributed by atoms with Gasteiger partial charge in [0.15, 0.2) is 0 Å². The van der Waals surface area contributed by atoms with Gasteiger partial charge >= 0.3 is 5.97 Å². The number of carboxylic acid groups (broad SMARTS) is 1. The Hall–Kier alpha value is -0.530. The molecule has 0 spiro atoms. The standard InChI is InChI=1S/C19H36O2/c1-3-5-6-7-8-9-10-11-14-19(18(20)21)15-12-13-17(4-2)16-19/h17H,3-16H2,1-2H3,(H,20,21). The summed E-state index contributed by atoms with van der Waals surface area (Å²) in [6.45, 7) is 4.46. The summed E-state index contributed by atoms with van der Waals surface area (Å²) in [6.07, 6.45) is 16.6. The van der Waals surface area contributed by atoms with E-state index in [0.717, 1.165) is 38.5 Å². The maximum absolute atomic E-state index is 11.8. The molecule has 2 heteroatoms. The topological polar surface area (TPSA) is 37.3 Å². The quantitative estimate of drug-likeness (QED) is 0.462. The average Bonchev–Trinajstić information content (AvgIpc) is 2.50. The molecule has 21 heavy (non-hydrogen) atoms. The zero-order valence-corrected chi connectivity index (χ0v) is 14.3. The number of rotatable bonds is 11. The zero-order valence-electron chi connectivity index (χ0n) is 14.3. The molecule has 0 radical (unpaired) electrons. The largest absolute Gasteiger partial charge is 0.481 e. The summed E-state index contributed by atoms with van der Waals surface area (Å²) in [5, 5.41) is 9.70. The van der Waals surface area contributed by atoms with E-state index < -0.39 is 5.97 Å². The van der Waals surface area contributed by atoms with Crippen molar-refractivity contribution in [3.63, 3.8) is 0 Å². The maximum Gasteiger partial charge on any atom is 0.309 e. The molecule has 0 aromatic heterocycles. The zero-order chi connectivity index (χ0) is 15.6. The van der Waals surface area contributed by atoms with E-state index in [-0.39, 0.29) is 5.41 Å². The molecule has 0 aromatic carbocycles. The first-order chi connectivity index (χ1) is 10.1. The summed E-state index contributed by atoms with van der Waals surface area (Å²) in [5.74, 6) is 0.118. The molecule has 1 aliphatic rings. The molecule has 1 fully saturated rings. The van der Waals surface area contributed by atoms with Gasteiger partial charge in [0.1, 0.15) is 0 Å². The van der Waals surface area contributed by atoms with Crippen LogP contribution in [-0.4, -0.2) is 11.1 Å². The monoisotopic (exact) mass is 296 g/mol. The van der Waals surface area contributed by atoms with Crippen molar-refractivity contribution in [1.82, 2.24) is 0 Å². The maximum atomic E-state index is 11.8. The van der Waals surface area contributed by atoms with E-state index in [1.165, 1.54) is 51.4 Å². The molecule has 2 unspecified atom stereocenters. The molecule has 124 valence electrons. The highest BCUT2D eigenvalue weighted by molar-refractivity contribution is 5.74. The van der Waals surface area contributed by atoms with Crippen molar-refractivity contribution < 1.29 is 9.90 Å². The number of hydrogen-bond acceptors (Lipinski definition) is 1. The lowest BCUT2D eigenvalue weighted by molar-refractivity contribution is -0.153. The highest BCUT2D eigenvalue weighted by atomic mass is 16.4. The molecule has 1 aliphatic carbocycles. The number of carboxylic acids is 1. The molecule has 2 nitrogen and oxygen atoms in total. The van der Waals surface area contributed by atoms with Crippen molar-refractivity contribution in [2.75, 3.05) is 0 Å². The van der Waals surface area contributed by atoms with Crippen LogP contribution in [0.25, 0.3) is 0 Å². The minimum absolute atomic E-state index is 0.388. The lowest BCUT2D eigenvalue weighted by atomic mass is 9.66. The van der Waals surface area contributed by atoms with Gasteiger partial charge in [0, 0.05) is 0 Å². The van der Waals surface area contributed by atoms with Crippen LogP contribution in [0.2, 0.25) is 0 Å². The number of carbonyl (C=O) groups is 1. The van der Waals surface area contributed by atoms with Crippen LogP contribution in [0.15, 0.2) is 0 Å². The lowest BCUT2D eigenvalue weighted by Crippen LogP contribution is -2.36. The van der Waals surface area contributed by atoms with E-state index in [2.05, 4.69) is 13.8 Å². The van der Waals surface area contributed by atoms with Gasteiger partial charge in [-0.25, -0.2) is 0 Å². The van der Waals surface area contributed by atoms with E-state index in [1.807, 2.05) is 0 Å². The summed E-state index contributed by atoms with van der Waals surface area (Å²) >= 11 is 0. The first-order valence-electron chi connectivity index (χ1n) is 9.38. The molecular formula is C19H36O2. The fraction of sp³-hybridized carbons (Fsp3) is 0.947. The van der Waals surface area contributed by atoms with Crippen molar-refractivity contribution in [3.05, 3.63) is 0 Å². The van der Waals surface area contributed by atoms with Gasteiger partial charge in [0.05, 0.1) is 5.41 Å². The average molecular weight is 296 g/mol. The molecule has 0 aromatic rings. The predicted octanol–water partition coefficient (Wildman–Crippen LogP) is 6.19. The van der Waals surface area contributed by atoms with E-state index in [9.17, 15) is 9.90 Å². The lowest BCUT2D eigenvalue weighted by Gasteiger charge is -2.37. The Kier molecular flexibility index (Phi) is 9.03. The van der Waals surface area contributed by atoms with Crippen molar-refractivity contribution in [2.45, 2.75) is 104 Å². The van der Waals surface area contributed by atoms with Gasteiger partial charge in [-0.1, -0.05) is 84.5 Å². The molecule has 0 amide bonds. The van der Waals surface area contributed by atoms with Crippen LogP contribution in [0.1, 0.15) is 104 Å². The molecule has 2 atom stereocenters. The van der Waals surface area contributed by atoms with Crippen molar-refractivity contribution in [3.8, 4) is 0 Å². The number of hydrogen-bond donors (Lipinski definition) is 1.